The number of aromatic nitrogens is 4. The van der Waals surface area contributed by atoms with Crippen molar-refractivity contribution < 1.29 is 14.1 Å². The highest BCUT2D eigenvalue weighted by molar-refractivity contribution is 5.93. The number of nitrogens with zero attached hydrogens (tertiary/aromatic N) is 6. The summed E-state index contributed by atoms with van der Waals surface area (Å²) in [4.78, 5) is 26.9. The van der Waals surface area contributed by atoms with Crippen LogP contribution in [0.5, 0.6) is 0 Å². The van der Waals surface area contributed by atoms with Gasteiger partial charge < -0.3 is 14.6 Å². The first-order valence-electron chi connectivity index (χ1n) is 9.84. The SMILES string of the molecule is COCC(=O)Nc1ncncc1-c1noc(C2CCCN2Cc2ccc(C#N)cc2)n1. The van der Waals surface area contributed by atoms with E-state index in [-0.39, 0.29) is 18.6 Å². The second-order valence-corrected chi connectivity index (χ2v) is 7.16. The maximum absolute atomic E-state index is 11.9. The average Bonchev–Trinajstić information content (AvgIpc) is 3.44. The number of likely N-dealkylation sites (tertiary alicyclic amines) is 1. The van der Waals surface area contributed by atoms with Gasteiger partial charge in [-0.15, -0.1) is 0 Å². The van der Waals surface area contributed by atoms with Crippen molar-refractivity contribution in [1.29, 1.82) is 5.26 Å². The van der Waals surface area contributed by atoms with E-state index in [2.05, 4.69) is 36.4 Å². The molecule has 158 valence electrons. The van der Waals surface area contributed by atoms with Crippen LogP contribution in [0, 0.1) is 11.3 Å². The Kier molecular flexibility index (Phi) is 6.26. The Balaban J connectivity index is 1.52. The largest absolute Gasteiger partial charge is 0.375 e. The number of benzene rings is 1. The third-order valence-electron chi connectivity index (χ3n) is 5.05. The van der Waals surface area contributed by atoms with Gasteiger partial charge >= 0.3 is 0 Å². The quantitative estimate of drug-likeness (QED) is 0.613. The molecular formula is C21H21N7O3. The minimum Gasteiger partial charge on any atom is -0.375 e. The fraction of sp³-hybridized carbons (Fsp3) is 0.333. The standard InChI is InChI=1S/C21H21N7O3/c1-30-12-18(29)25-19-16(10-23-13-24-19)20-26-21(31-27-20)17-3-2-8-28(17)11-15-6-4-14(9-22)5-7-15/h4-7,10,13,17H,2-3,8,11-12H2,1H3,(H,23,24,25,29). The third-order valence-corrected chi connectivity index (χ3v) is 5.05. The van der Waals surface area contributed by atoms with Crippen LogP contribution in [-0.4, -0.2) is 51.2 Å². The van der Waals surface area contributed by atoms with E-state index in [0.29, 0.717) is 28.7 Å². The zero-order valence-corrected chi connectivity index (χ0v) is 17.0. The normalized spacial score (nSPS) is 16.2. The van der Waals surface area contributed by atoms with Crippen LogP contribution in [0.2, 0.25) is 0 Å². The molecule has 1 aromatic carbocycles. The van der Waals surface area contributed by atoms with Crippen LogP contribution in [-0.2, 0) is 16.1 Å². The highest BCUT2D eigenvalue weighted by Crippen LogP contribution is 2.33. The maximum Gasteiger partial charge on any atom is 0.251 e. The summed E-state index contributed by atoms with van der Waals surface area (Å²) in [7, 11) is 1.44. The lowest BCUT2D eigenvalue weighted by molar-refractivity contribution is -0.119. The molecule has 1 saturated heterocycles. The summed E-state index contributed by atoms with van der Waals surface area (Å²) in [5, 5.41) is 15.7. The van der Waals surface area contributed by atoms with Gasteiger partial charge in [-0.05, 0) is 37.1 Å². The topological polar surface area (TPSA) is 130 Å². The van der Waals surface area contributed by atoms with E-state index in [4.69, 9.17) is 14.5 Å². The molecule has 1 N–H and O–H groups in total. The van der Waals surface area contributed by atoms with Crippen molar-refractivity contribution in [3.8, 4) is 17.5 Å². The van der Waals surface area contributed by atoms with Gasteiger partial charge in [0, 0.05) is 19.9 Å². The van der Waals surface area contributed by atoms with Crippen LogP contribution in [0.4, 0.5) is 5.82 Å². The Hall–Kier alpha value is -3.68. The van der Waals surface area contributed by atoms with E-state index in [1.807, 2.05) is 24.3 Å². The second-order valence-electron chi connectivity index (χ2n) is 7.16. The minimum atomic E-state index is -0.337. The first kappa shape index (κ1) is 20.6. The summed E-state index contributed by atoms with van der Waals surface area (Å²) in [6.07, 6.45) is 4.79. The zero-order valence-electron chi connectivity index (χ0n) is 17.0. The van der Waals surface area contributed by atoms with E-state index in [1.54, 1.807) is 0 Å². The maximum atomic E-state index is 11.9. The summed E-state index contributed by atoms with van der Waals surface area (Å²) in [6, 6.07) is 9.69. The molecule has 4 rings (SSSR count). The molecule has 0 spiro atoms. The monoisotopic (exact) mass is 419 g/mol. The molecule has 1 aliphatic heterocycles. The number of carbonyl (C=O) groups excluding carboxylic acids is 1. The summed E-state index contributed by atoms with van der Waals surface area (Å²) in [6.45, 7) is 1.54. The number of hydrogen-bond acceptors (Lipinski definition) is 9. The van der Waals surface area contributed by atoms with Crippen molar-refractivity contribution in [3.63, 3.8) is 0 Å². The molecular weight excluding hydrogens is 398 g/mol. The fourth-order valence-corrected chi connectivity index (χ4v) is 3.59. The van der Waals surface area contributed by atoms with Crippen molar-refractivity contribution in [2.75, 3.05) is 25.6 Å². The van der Waals surface area contributed by atoms with Gasteiger partial charge in [0.2, 0.25) is 11.7 Å². The van der Waals surface area contributed by atoms with Crippen LogP contribution in [0.25, 0.3) is 11.4 Å². The van der Waals surface area contributed by atoms with Crippen molar-refractivity contribution in [2.45, 2.75) is 25.4 Å². The lowest BCUT2D eigenvalue weighted by Gasteiger charge is -2.21. The highest BCUT2D eigenvalue weighted by atomic mass is 16.5. The Bertz CT molecular complexity index is 1090. The Morgan fingerprint density at radius 2 is 2.23 bits per heavy atom. The summed E-state index contributed by atoms with van der Waals surface area (Å²) in [5.74, 6) is 0.786. The van der Waals surface area contributed by atoms with E-state index < -0.39 is 0 Å². The van der Waals surface area contributed by atoms with Gasteiger partial charge in [0.1, 0.15) is 18.8 Å². The molecule has 1 atom stereocenters. The van der Waals surface area contributed by atoms with E-state index in [9.17, 15) is 4.79 Å². The number of carbonyl (C=O) groups is 1. The van der Waals surface area contributed by atoms with Gasteiger partial charge in [-0.1, -0.05) is 17.3 Å². The number of nitrogens with one attached hydrogen (secondary N) is 1. The molecule has 1 amide bonds. The number of ether oxygens (including phenoxy) is 1. The van der Waals surface area contributed by atoms with Crippen molar-refractivity contribution in [1.82, 2.24) is 25.0 Å². The molecule has 10 heteroatoms. The molecule has 0 radical (unpaired) electrons. The molecule has 0 saturated carbocycles. The van der Waals surface area contributed by atoms with E-state index in [1.165, 1.54) is 19.6 Å². The number of anilines is 1. The van der Waals surface area contributed by atoms with Crippen molar-refractivity contribution >= 4 is 11.7 Å². The third kappa shape index (κ3) is 4.74. The Morgan fingerprint density at radius 3 is 3.00 bits per heavy atom. The number of methoxy groups -OCH3 is 1. The lowest BCUT2D eigenvalue weighted by Crippen LogP contribution is -2.23. The number of amides is 1. The smallest absolute Gasteiger partial charge is 0.251 e. The van der Waals surface area contributed by atoms with Crippen LogP contribution < -0.4 is 5.32 Å². The van der Waals surface area contributed by atoms with Crippen molar-refractivity contribution in [2.24, 2.45) is 0 Å². The van der Waals surface area contributed by atoms with Gasteiger partial charge in [0.25, 0.3) is 5.91 Å². The molecule has 31 heavy (non-hydrogen) atoms. The molecule has 3 aromatic rings. The summed E-state index contributed by atoms with van der Waals surface area (Å²) < 4.78 is 10.4. The second kappa shape index (κ2) is 9.42. The summed E-state index contributed by atoms with van der Waals surface area (Å²) in [5.41, 5.74) is 2.23. The highest BCUT2D eigenvalue weighted by Gasteiger charge is 2.31. The first-order valence-corrected chi connectivity index (χ1v) is 9.84. The van der Waals surface area contributed by atoms with Crippen LogP contribution in [0.3, 0.4) is 0 Å². The molecule has 1 fully saturated rings. The molecule has 1 aliphatic rings. The van der Waals surface area contributed by atoms with Gasteiger partial charge in [-0.3, -0.25) is 9.69 Å². The Morgan fingerprint density at radius 1 is 1.39 bits per heavy atom. The van der Waals surface area contributed by atoms with E-state index in [0.717, 1.165) is 31.5 Å². The molecule has 10 nitrogen and oxygen atoms in total. The summed E-state index contributed by atoms with van der Waals surface area (Å²) >= 11 is 0. The Labute approximate surface area is 178 Å². The molecule has 1 unspecified atom stereocenters. The molecule has 0 aliphatic carbocycles. The number of nitriles is 1. The van der Waals surface area contributed by atoms with Gasteiger partial charge in [-0.25, -0.2) is 9.97 Å². The van der Waals surface area contributed by atoms with Crippen LogP contribution >= 0.6 is 0 Å². The minimum absolute atomic E-state index is 0.00643. The zero-order chi connectivity index (χ0) is 21.6. The first-order chi connectivity index (χ1) is 15.2. The number of rotatable bonds is 7. The van der Waals surface area contributed by atoms with Crippen molar-refractivity contribution in [3.05, 3.63) is 53.8 Å². The number of hydrogen-bond donors (Lipinski definition) is 1. The van der Waals surface area contributed by atoms with Gasteiger partial charge in [0.15, 0.2) is 0 Å². The van der Waals surface area contributed by atoms with Crippen LogP contribution in [0.1, 0.15) is 35.9 Å². The average molecular weight is 419 g/mol. The fourth-order valence-electron chi connectivity index (χ4n) is 3.59. The molecule has 3 heterocycles. The van der Waals surface area contributed by atoms with Gasteiger partial charge in [0.05, 0.1) is 23.2 Å². The predicted molar refractivity (Wildman–Crippen MR) is 109 cm³/mol. The molecule has 2 aromatic heterocycles. The lowest BCUT2D eigenvalue weighted by atomic mass is 10.1. The van der Waals surface area contributed by atoms with E-state index >= 15 is 0 Å². The predicted octanol–water partition coefficient (Wildman–Crippen LogP) is 2.32. The van der Waals surface area contributed by atoms with Crippen LogP contribution in [0.15, 0.2) is 41.3 Å². The van der Waals surface area contributed by atoms with Gasteiger partial charge in [-0.2, -0.15) is 10.2 Å². The molecule has 0 bridgehead atoms.